The quantitative estimate of drug-likeness (QED) is 0.760. The van der Waals surface area contributed by atoms with Crippen molar-refractivity contribution in [3.05, 3.63) is 42.3 Å². The van der Waals surface area contributed by atoms with Crippen LogP contribution in [0.1, 0.15) is 25.5 Å². The van der Waals surface area contributed by atoms with Crippen LogP contribution in [0.25, 0.3) is 0 Å². The molecule has 26 heavy (non-hydrogen) atoms. The van der Waals surface area contributed by atoms with Crippen molar-refractivity contribution in [3.8, 4) is 0 Å². The fourth-order valence-electron chi connectivity index (χ4n) is 3.34. The van der Waals surface area contributed by atoms with Gasteiger partial charge in [0.2, 0.25) is 0 Å². The summed E-state index contributed by atoms with van der Waals surface area (Å²) < 4.78 is 5.93. The molecule has 2 aromatic heterocycles. The van der Waals surface area contributed by atoms with Crippen LogP contribution in [0.15, 0.2) is 51.1 Å². The lowest BCUT2D eigenvalue weighted by molar-refractivity contribution is -0.139. The number of piperidine rings is 1. The van der Waals surface area contributed by atoms with Crippen molar-refractivity contribution in [1.82, 2.24) is 14.8 Å². The Kier molecular flexibility index (Phi) is 6.71. The minimum absolute atomic E-state index is 0.132. The molecule has 2 aromatic rings. The fraction of sp³-hybridized carbons (Fsp3) is 0.474. The summed E-state index contributed by atoms with van der Waals surface area (Å²) in [6.07, 6.45) is 3.77. The van der Waals surface area contributed by atoms with Gasteiger partial charge in [-0.05, 0) is 55.4 Å². The molecule has 0 aliphatic carbocycles. The van der Waals surface area contributed by atoms with Crippen molar-refractivity contribution < 1.29 is 14.3 Å². The van der Waals surface area contributed by atoms with Crippen LogP contribution >= 0.6 is 11.8 Å². The first kappa shape index (κ1) is 18.9. The largest absolute Gasteiger partial charge is 0.480 e. The molecule has 1 aliphatic heterocycles. The van der Waals surface area contributed by atoms with E-state index in [1.807, 2.05) is 37.3 Å². The van der Waals surface area contributed by atoms with Gasteiger partial charge in [-0.1, -0.05) is 13.0 Å². The van der Waals surface area contributed by atoms with Gasteiger partial charge < -0.3 is 9.52 Å². The first-order valence-corrected chi connectivity index (χ1v) is 9.81. The molecule has 3 heterocycles. The summed E-state index contributed by atoms with van der Waals surface area (Å²) in [5.41, 5.74) is 0. The summed E-state index contributed by atoms with van der Waals surface area (Å²) in [6.45, 7) is 5.66. The topological polar surface area (TPSA) is 69.8 Å². The Morgan fingerprint density at radius 1 is 1.35 bits per heavy atom. The van der Waals surface area contributed by atoms with Crippen molar-refractivity contribution in [2.24, 2.45) is 0 Å². The van der Waals surface area contributed by atoms with Crippen LogP contribution < -0.4 is 0 Å². The average molecular weight is 375 g/mol. The third-order valence-corrected chi connectivity index (χ3v) is 5.55. The molecular formula is C19H25N3O3S. The molecule has 7 heteroatoms. The maximum Gasteiger partial charge on any atom is 0.317 e. The first-order valence-electron chi connectivity index (χ1n) is 9.00. The van der Waals surface area contributed by atoms with Crippen molar-refractivity contribution in [3.63, 3.8) is 0 Å². The van der Waals surface area contributed by atoms with Crippen LogP contribution in [-0.4, -0.2) is 58.1 Å². The minimum atomic E-state index is -0.747. The van der Waals surface area contributed by atoms with E-state index in [-0.39, 0.29) is 6.54 Å². The molecule has 0 atom stereocenters. The first-order chi connectivity index (χ1) is 12.6. The maximum absolute atomic E-state index is 11.0. The van der Waals surface area contributed by atoms with Gasteiger partial charge in [0.05, 0.1) is 13.1 Å². The third-order valence-electron chi connectivity index (χ3n) is 4.68. The molecule has 0 spiro atoms. The molecule has 3 rings (SSSR count). The standard InChI is InChI=1S/C19H25N3O3S/c1-2-22(14-18(23)24)15-8-11-21(12-9-15)13-16-6-7-19(25-16)26-17-5-3-4-10-20-17/h3-7,10,15H,2,8-9,11-14H2,1H3,(H,23,24). The summed E-state index contributed by atoms with van der Waals surface area (Å²) >= 11 is 1.52. The molecule has 140 valence electrons. The van der Waals surface area contributed by atoms with Gasteiger partial charge in [0.25, 0.3) is 0 Å². The molecular weight excluding hydrogens is 350 g/mol. The number of pyridine rings is 1. The van der Waals surface area contributed by atoms with Crippen LogP contribution in [0.5, 0.6) is 0 Å². The van der Waals surface area contributed by atoms with E-state index in [1.54, 1.807) is 6.20 Å². The number of rotatable bonds is 8. The van der Waals surface area contributed by atoms with E-state index in [0.29, 0.717) is 6.04 Å². The highest BCUT2D eigenvalue weighted by Crippen LogP contribution is 2.28. The number of aromatic nitrogens is 1. The number of hydrogen-bond acceptors (Lipinski definition) is 6. The zero-order valence-electron chi connectivity index (χ0n) is 15.0. The van der Waals surface area contributed by atoms with Crippen LogP contribution in [-0.2, 0) is 11.3 Å². The maximum atomic E-state index is 11.0. The Balaban J connectivity index is 1.48. The number of likely N-dealkylation sites (tertiary alicyclic amines) is 1. The average Bonchev–Trinajstić information content (AvgIpc) is 3.08. The van der Waals surface area contributed by atoms with Gasteiger partial charge in [0, 0.05) is 25.3 Å². The molecule has 6 nitrogen and oxygen atoms in total. The highest BCUT2D eigenvalue weighted by molar-refractivity contribution is 7.99. The lowest BCUT2D eigenvalue weighted by Gasteiger charge is -2.37. The van der Waals surface area contributed by atoms with E-state index < -0.39 is 5.97 Å². The van der Waals surface area contributed by atoms with E-state index in [4.69, 9.17) is 9.52 Å². The summed E-state index contributed by atoms with van der Waals surface area (Å²) in [4.78, 5) is 19.7. The van der Waals surface area contributed by atoms with E-state index >= 15 is 0 Å². The summed E-state index contributed by atoms with van der Waals surface area (Å²) in [6, 6.07) is 10.2. The predicted octanol–water partition coefficient (Wildman–Crippen LogP) is 3.20. The van der Waals surface area contributed by atoms with E-state index in [9.17, 15) is 4.79 Å². The Hall–Kier alpha value is -1.83. The summed E-state index contributed by atoms with van der Waals surface area (Å²) in [5, 5.41) is 10.8. The highest BCUT2D eigenvalue weighted by Gasteiger charge is 2.25. The van der Waals surface area contributed by atoms with Gasteiger partial charge in [-0.25, -0.2) is 4.98 Å². The molecule has 1 aliphatic rings. The Bertz CT molecular complexity index is 699. The summed E-state index contributed by atoms with van der Waals surface area (Å²) in [5.74, 6) is 0.211. The van der Waals surface area contributed by atoms with Crippen LogP contribution in [0.4, 0.5) is 0 Å². The minimum Gasteiger partial charge on any atom is -0.480 e. The number of nitrogens with zero attached hydrogens (tertiary/aromatic N) is 3. The Morgan fingerprint density at radius 2 is 2.15 bits per heavy atom. The molecule has 1 saturated heterocycles. The molecule has 1 N–H and O–H groups in total. The number of carboxylic acids is 1. The smallest absolute Gasteiger partial charge is 0.317 e. The second-order valence-electron chi connectivity index (χ2n) is 6.45. The van der Waals surface area contributed by atoms with Crippen LogP contribution in [0.2, 0.25) is 0 Å². The number of furan rings is 1. The molecule has 0 aromatic carbocycles. The van der Waals surface area contributed by atoms with Gasteiger partial charge in [-0.15, -0.1) is 0 Å². The van der Waals surface area contributed by atoms with Crippen molar-refractivity contribution in [1.29, 1.82) is 0 Å². The van der Waals surface area contributed by atoms with E-state index in [1.165, 1.54) is 11.8 Å². The zero-order valence-corrected chi connectivity index (χ0v) is 15.8. The number of aliphatic carboxylic acids is 1. The zero-order chi connectivity index (χ0) is 18.4. The monoisotopic (exact) mass is 375 g/mol. The second-order valence-corrected chi connectivity index (χ2v) is 7.48. The fourth-order valence-corrected chi connectivity index (χ4v) is 4.10. The normalized spacial score (nSPS) is 16.2. The molecule has 0 saturated carbocycles. The van der Waals surface area contributed by atoms with Crippen molar-refractivity contribution in [2.45, 2.75) is 42.5 Å². The molecule has 1 fully saturated rings. The van der Waals surface area contributed by atoms with E-state index in [2.05, 4.69) is 14.8 Å². The Morgan fingerprint density at radius 3 is 2.81 bits per heavy atom. The van der Waals surface area contributed by atoms with Crippen LogP contribution in [0, 0.1) is 0 Å². The van der Waals surface area contributed by atoms with Gasteiger partial charge >= 0.3 is 5.97 Å². The number of likely N-dealkylation sites (N-methyl/N-ethyl adjacent to an activating group) is 1. The van der Waals surface area contributed by atoms with Gasteiger partial charge in [-0.3, -0.25) is 14.6 Å². The number of carbonyl (C=O) groups is 1. The highest BCUT2D eigenvalue weighted by atomic mass is 32.2. The second kappa shape index (κ2) is 9.21. The molecule has 0 bridgehead atoms. The SMILES string of the molecule is CCN(CC(=O)O)C1CCN(Cc2ccc(Sc3ccccn3)o2)CC1. The van der Waals surface area contributed by atoms with Gasteiger partial charge in [0.15, 0.2) is 5.09 Å². The number of carboxylic acid groups (broad SMARTS) is 1. The molecule has 0 radical (unpaired) electrons. The Labute approximate surface area is 158 Å². The van der Waals surface area contributed by atoms with Gasteiger partial charge in [0.1, 0.15) is 10.8 Å². The van der Waals surface area contributed by atoms with Crippen LogP contribution in [0.3, 0.4) is 0 Å². The summed E-state index contributed by atoms with van der Waals surface area (Å²) in [7, 11) is 0. The number of hydrogen-bond donors (Lipinski definition) is 1. The van der Waals surface area contributed by atoms with Gasteiger partial charge in [-0.2, -0.15) is 0 Å². The molecule has 0 unspecified atom stereocenters. The predicted molar refractivity (Wildman–Crippen MR) is 100 cm³/mol. The third kappa shape index (κ3) is 5.33. The molecule has 0 amide bonds. The van der Waals surface area contributed by atoms with Crippen molar-refractivity contribution in [2.75, 3.05) is 26.2 Å². The van der Waals surface area contributed by atoms with E-state index in [0.717, 1.165) is 54.9 Å². The lowest BCUT2D eigenvalue weighted by Crippen LogP contribution is -2.46. The van der Waals surface area contributed by atoms with Crippen molar-refractivity contribution >= 4 is 17.7 Å². The lowest BCUT2D eigenvalue weighted by atomic mass is 10.0.